The first kappa shape index (κ1) is 25.1. The number of rotatable bonds is 6. The van der Waals surface area contributed by atoms with Gasteiger partial charge in [0.25, 0.3) is 5.60 Å². The van der Waals surface area contributed by atoms with Crippen molar-refractivity contribution in [2.75, 3.05) is 0 Å². The molecule has 0 heterocycles. The quantitative estimate of drug-likeness (QED) is 0.256. The molecule has 3 rings (SSSR count). The number of halogens is 6. The molecule has 3 fully saturated rings. The van der Waals surface area contributed by atoms with E-state index in [1.807, 2.05) is 0 Å². The van der Waals surface area contributed by atoms with E-state index < -0.39 is 26.3 Å². The summed E-state index contributed by atoms with van der Waals surface area (Å²) in [7, 11) is -3.18. The second-order valence-corrected chi connectivity index (χ2v) is 15.5. The van der Waals surface area contributed by atoms with Crippen LogP contribution in [0, 0.1) is 22.7 Å². The van der Waals surface area contributed by atoms with E-state index in [9.17, 15) is 31.4 Å². The van der Waals surface area contributed by atoms with E-state index in [4.69, 9.17) is 4.43 Å². The van der Waals surface area contributed by atoms with Crippen molar-refractivity contribution in [2.45, 2.75) is 102 Å². The maximum Gasteiger partial charge on any atom is 0.429 e. The lowest BCUT2D eigenvalue weighted by Crippen LogP contribution is -2.61. The second-order valence-electron chi connectivity index (χ2n) is 11.1. The minimum absolute atomic E-state index is 0.0953. The van der Waals surface area contributed by atoms with Crippen LogP contribution in [0.25, 0.3) is 0 Å². The molecular weight excluding hydrogens is 438 g/mol. The fraction of sp³-hybridized carbons (Fsp3) is 0.909. The maximum absolute atomic E-state index is 13.8. The van der Waals surface area contributed by atoms with Crippen LogP contribution in [0.1, 0.15) is 58.3 Å². The normalized spacial score (nSPS) is 34.2. The lowest BCUT2D eigenvalue weighted by atomic mass is 9.60. The fourth-order valence-corrected chi connectivity index (χ4v) is 7.72. The predicted molar refractivity (Wildman–Crippen MR) is 109 cm³/mol. The van der Waals surface area contributed by atoms with Gasteiger partial charge in [-0.25, -0.2) is 0 Å². The molecule has 31 heavy (non-hydrogen) atoms. The van der Waals surface area contributed by atoms with Crippen molar-refractivity contribution in [2.24, 2.45) is 22.7 Å². The molecule has 0 aliphatic heterocycles. The zero-order valence-electron chi connectivity index (χ0n) is 18.7. The molecule has 9 heteroatoms. The minimum atomic E-state index is -5.60. The van der Waals surface area contributed by atoms with Gasteiger partial charge in [-0.2, -0.15) is 26.3 Å². The Morgan fingerprint density at radius 2 is 1.55 bits per heavy atom. The van der Waals surface area contributed by atoms with Crippen LogP contribution >= 0.6 is 0 Å². The summed E-state index contributed by atoms with van der Waals surface area (Å²) in [6, 6.07) is 0. The van der Waals surface area contributed by atoms with E-state index in [1.165, 1.54) is 19.6 Å². The van der Waals surface area contributed by atoms with Gasteiger partial charge in [-0.3, -0.25) is 0 Å². The van der Waals surface area contributed by atoms with Gasteiger partial charge in [0.2, 0.25) is 0 Å². The highest BCUT2D eigenvalue weighted by Gasteiger charge is 2.72. The highest BCUT2D eigenvalue weighted by atomic mass is 28.4. The van der Waals surface area contributed by atoms with Crippen molar-refractivity contribution in [1.82, 2.24) is 0 Å². The Labute approximate surface area is 181 Å². The summed E-state index contributed by atoms with van der Waals surface area (Å²) in [5.74, 6) is 0.390. The Morgan fingerprint density at radius 1 is 0.968 bits per heavy atom. The van der Waals surface area contributed by atoms with Crippen molar-refractivity contribution in [3.8, 4) is 0 Å². The van der Waals surface area contributed by atoms with E-state index in [0.717, 1.165) is 51.0 Å². The van der Waals surface area contributed by atoms with Crippen LogP contribution in [0.15, 0.2) is 12.2 Å². The first-order valence-corrected chi connectivity index (χ1v) is 14.6. The largest absolute Gasteiger partial charge is 0.429 e. The molecule has 0 aromatic heterocycles. The highest BCUT2D eigenvalue weighted by Crippen LogP contribution is 2.69. The number of hydrogen-bond acceptors (Lipinski definition) is 2. The van der Waals surface area contributed by atoms with Crippen LogP contribution in [0.5, 0.6) is 0 Å². The van der Waals surface area contributed by atoms with E-state index in [1.54, 1.807) is 0 Å². The average molecular weight is 473 g/mol. The van der Waals surface area contributed by atoms with Gasteiger partial charge in [-0.05, 0) is 93.3 Å². The second kappa shape index (κ2) is 7.76. The minimum Gasteiger partial charge on any atom is -0.394 e. The molecule has 0 aromatic rings. The van der Waals surface area contributed by atoms with Crippen molar-refractivity contribution in [3.63, 3.8) is 0 Å². The third-order valence-electron chi connectivity index (χ3n) is 7.91. The van der Waals surface area contributed by atoms with Gasteiger partial charge in [0.15, 0.2) is 8.32 Å². The third kappa shape index (κ3) is 4.47. The number of fused-ring (bicyclic) bond motifs is 1. The molecule has 0 aromatic carbocycles. The SMILES string of the molecule is C[C@]12CCC[C@H](O)C1CCC2C1(C/C=C/C(O[Si](C)(C)C)(C(F)(F)F)C(F)(F)F)CC1. The lowest BCUT2D eigenvalue weighted by Gasteiger charge is -2.46. The summed E-state index contributed by atoms with van der Waals surface area (Å²) in [6.07, 6.45) is -4.07. The summed E-state index contributed by atoms with van der Waals surface area (Å²) in [5.41, 5.74) is -4.63. The fourth-order valence-electron chi connectivity index (χ4n) is 6.45. The molecule has 3 aliphatic rings. The Kier molecular flexibility index (Phi) is 6.28. The van der Waals surface area contributed by atoms with Crippen LogP contribution < -0.4 is 0 Å². The molecule has 0 bridgehead atoms. The van der Waals surface area contributed by atoms with Crippen molar-refractivity contribution < 1.29 is 35.9 Å². The molecule has 180 valence electrons. The zero-order chi connectivity index (χ0) is 23.5. The molecule has 2 nitrogen and oxygen atoms in total. The van der Waals surface area contributed by atoms with Crippen LogP contribution in [0.2, 0.25) is 19.6 Å². The third-order valence-corrected chi connectivity index (χ3v) is 8.84. The molecule has 4 atom stereocenters. The molecular formula is C22H34F6O2Si. The highest BCUT2D eigenvalue weighted by molar-refractivity contribution is 6.69. The summed E-state index contributed by atoms with van der Waals surface area (Å²) < 4.78 is 87.4. The number of aliphatic hydroxyl groups excluding tert-OH is 1. The lowest BCUT2D eigenvalue weighted by molar-refractivity contribution is -0.340. The standard InChI is InChI=1S/C22H34F6O2Si/c1-18-10-5-7-16(29)15(18)8-9-17(18)19(13-14-19)11-6-12-20(21(23,24)25,22(26,27)28)30-31(2,3)4/h6,12,15-17,29H,5,7-11,13-14H2,1-4H3/b12-6+/t15?,16-,17?,18-/m0/s1. The Balaban J connectivity index is 1.86. The number of aliphatic hydroxyl groups is 1. The van der Waals surface area contributed by atoms with E-state index in [-0.39, 0.29) is 41.3 Å². The molecule has 0 radical (unpaired) electrons. The smallest absolute Gasteiger partial charge is 0.394 e. The summed E-state index contributed by atoms with van der Waals surface area (Å²) >= 11 is 0. The monoisotopic (exact) mass is 472 g/mol. The number of hydrogen-bond donors (Lipinski definition) is 1. The van der Waals surface area contributed by atoms with Gasteiger partial charge in [0.05, 0.1) is 6.10 Å². The van der Waals surface area contributed by atoms with Gasteiger partial charge in [0.1, 0.15) is 0 Å². The van der Waals surface area contributed by atoms with Crippen LogP contribution in [-0.4, -0.2) is 37.5 Å². The van der Waals surface area contributed by atoms with Crippen molar-refractivity contribution in [1.29, 1.82) is 0 Å². The summed E-state index contributed by atoms with van der Waals surface area (Å²) in [6.45, 7) is 6.13. The van der Waals surface area contributed by atoms with Crippen LogP contribution in [0.4, 0.5) is 26.3 Å². The molecule has 0 amide bonds. The molecule has 1 N–H and O–H groups in total. The molecule has 3 saturated carbocycles. The first-order chi connectivity index (χ1) is 14.0. The predicted octanol–water partition coefficient (Wildman–Crippen LogP) is 7.01. The Hall–Kier alpha value is -0.543. The zero-order valence-corrected chi connectivity index (χ0v) is 19.7. The van der Waals surface area contributed by atoms with Gasteiger partial charge < -0.3 is 9.53 Å². The first-order valence-electron chi connectivity index (χ1n) is 11.2. The molecule has 3 aliphatic carbocycles. The number of alkyl halides is 6. The maximum atomic E-state index is 13.8. The van der Waals surface area contributed by atoms with Crippen molar-refractivity contribution in [3.05, 3.63) is 12.2 Å². The topological polar surface area (TPSA) is 29.5 Å². The van der Waals surface area contributed by atoms with E-state index in [2.05, 4.69) is 6.92 Å². The Morgan fingerprint density at radius 3 is 2.03 bits per heavy atom. The summed E-state index contributed by atoms with van der Waals surface area (Å²) in [5, 5.41) is 10.4. The van der Waals surface area contributed by atoms with Crippen LogP contribution in [0.3, 0.4) is 0 Å². The van der Waals surface area contributed by atoms with Gasteiger partial charge in [-0.1, -0.05) is 19.4 Å². The van der Waals surface area contributed by atoms with Gasteiger partial charge in [0, 0.05) is 0 Å². The molecule has 2 unspecified atom stereocenters. The summed E-state index contributed by atoms with van der Waals surface area (Å²) in [4.78, 5) is 0. The van der Waals surface area contributed by atoms with E-state index in [0.29, 0.717) is 0 Å². The van der Waals surface area contributed by atoms with Crippen LogP contribution in [-0.2, 0) is 4.43 Å². The van der Waals surface area contributed by atoms with Crippen molar-refractivity contribution >= 4 is 8.32 Å². The molecule has 0 spiro atoms. The average Bonchev–Trinajstić information content (AvgIpc) is 3.25. The number of allylic oxidation sites excluding steroid dienone is 1. The van der Waals surface area contributed by atoms with Gasteiger partial charge >= 0.3 is 12.4 Å². The van der Waals surface area contributed by atoms with E-state index >= 15 is 0 Å². The Bertz CT molecular complexity index is 678. The molecule has 0 saturated heterocycles. The van der Waals surface area contributed by atoms with Gasteiger partial charge in [-0.15, -0.1) is 0 Å².